The maximum atomic E-state index is 11.0. The minimum Gasteiger partial charge on any atom is -0.508 e. The zero-order valence-corrected chi connectivity index (χ0v) is 10.5. The lowest BCUT2D eigenvalue weighted by molar-refractivity contribution is -0.142. The lowest BCUT2D eigenvalue weighted by Gasteiger charge is -2.28. The molecule has 0 amide bonds. The number of rotatable bonds is 3. The second-order valence-electron chi connectivity index (χ2n) is 5.04. The number of aliphatic carboxylic acids is 1. The van der Waals surface area contributed by atoms with Crippen LogP contribution >= 0.6 is 0 Å². The Labute approximate surface area is 107 Å². The summed E-state index contributed by atoms with van der Waals surface area (Å²) in [6.07, 6.45) is 3.41. The number of aromatic hydroxyl groups is 1. The molecular formula is C14H19NO3. The van der Waals surface area contributed by atoms with E-state index in [2.05, 4.69) is 5.32 Å². The van der Waals surface area contributed by atoms with Gasteiger partial charge in [0, 0.05) is 11.7 Å². The minimum absolute atomic E-state index is 0.211. The van der Waals surface area contributed by atoms with Crippen molar-refractivity contribution in [2.45, 2.75) is 38.6 Å². The summed E-state index contributed by atoms with van der Waals surface area (Å²) < 4.78 is 0. The van der Waals surface area contributed by atoms with Crippen molar-refractivity contribution in [3.8, 4) is 5.75 Å². The maximum absolute atomic E-state index is 11.0. The number of carboxylic acid groups (broad SMARTS) is 1. The number of hydrogen-bond donors (Lipinski definition) is 3. The average molecular weight is 249 g/mol. The van der Waals surface area contributed by atoms with E-state index >= 15 is 0 Å². The van der Waals surface area contributed by atoms with Gasteiger partial charge in [0.25, 0.3) is 0 Å². The molecule has 1 aromatic rings. The number of anilines is 1. The molecule has 0 saturated heterocycles. The number of carboxylic acids is 1. The van der Waals surface area contributed by atoms with E-state index in [9.17, 15) is 9.90 Å². The summed E-state index contributed by atoms with van der Waals surface area (Å²) in [5, 5.41) is 21.8. The van der Waals surface area contributed by atoms with Gasteiger partial charge in [-0.2, -0.15) is 0 Å². The minimum atomic E-state index is -0.691. The first-order valence-electron chi connectivity index (χ1n) is 6.35. The van der Waals surface area contributed by atoms with Gasteiger partial charge in [0.05, 0.1) is 5.92 Å². The van der Waals surface area contributed by atoms with Gasteiger partial charge in [0.2, 0.25) is 0 Å². The number of hydrogen-bond acceptors (Lipinski definition) is 3. The van der Waals surface area contributed by atoms with Crippen molar-refractivity contribution in [3.63, 3.8) is 0 Å². The van der Waals surface area contributed by atoms with Crippen LogP contribution in [-0.2, 0) is 4.79 Å². The molecule has 4 nitrogen and oxygen atoms in total. The number of phenolic OH excluding ortho intramolecular Hbond substituents is 1. The van der Waals surface area contributed by atoms with Crippen LogP contribution in [0.5, 0.6) is 5.75 Å². The van der Waals surface area contributed by atoms with Gasteiger partial charge in [-0.25, -0.2) is 0 Å². The third-order valence-electron chi connectivity index (χ3n) is 3.59. The van der Waals surface area contributed by atoms with Crippen LogP contribution in [0.25, 0.3) is 0 Å². The molecule has 18 heavy (non-hydrogen) atoms. The van der Waals surface area contributed by atoms with Gasteiger partial charge in [-0.15, -0.1) is 0 Å². The summed E-state index contributed by atoms with van der Waals surface area (Å²) in [4.78, 5) is 11.0. The van der Waals surface area contributed by atoms with Crippen LogP contribution < -0.4 is 5.32 Å². The van der Waals surface area contributed by atoms with Gasteiger partial charge in [0.1, 0.15) is 5.75 Å². The van der Waals surface area contributed by atoms with Gasteiger partial charge in [-0.3, -0.25) is 4.79 Å². The highest BCUT2D eigenvalue weighted by molar-refractivity contribution is 5.70. The largest absolute Gasteiger partial charge is 0.508 e. The summed E-state index contributed by atoms with van der Waals surface area (Å²) in [6.45, 7) is 1.93. The fraction of sp³-hybridized carbons (Fsp3) is 0.500. The van der Waals surface area contributed by atoms with E-state index in [4.69, 9.17) is 5.11 Å². The third-order valence-corrected chi connectivity index (χ3v) is 3.59. The first-order chi connectivity index (χ1) is 8.56. The molecule has 0 heterocycles. The Kier molecular flexibility index (Phi) is 3.75. The van der Waals surface area contributed by atoms with Crippen LogP contribution in [0, 0.1) is 12.8 Å². The van der Waals surface area contributed by atoms with E-state index in [0.717, 1.165) is 30.5 Å². The lowest BCUT2D eigenvalue weighted by Crippen LogP contribution is -2.31. The Balaban J connectivity index is 2.02. The zero-order valence-electron chi connectivity index (χ0n) is 10.5. The number of carbonyl (C=O) groups is 1. The maximum Gasteiger partial charge on any atom is 0.306 e. The van der Waals surface area contributed by atoms with Crippen molar-refractivity contribution >= 4 is 11.7 Å². The molecule has 2 atom stereocenters. The van der Waals surface area contributed by atoms with Crippen molar-refractivity contribution in [1.82, 2.24) is 0 Å². The first kappa shape index (κ1) is 12.7. The molecule has 0 spiro atoms. The van der Waals surface area contributed by atoms with Crippen molar-refractivity contribution < 1.29 is 15.0 Å². The summed E-state index contributed by atoms with van der Waals surface area (Å²) in [5.41, 5.74) is 1.95. The van der Waals surface area contributed by atoms with Crippen LogP contribution in [0.1, 0.15) is 31.2 Å². The highest BCUT2D eigenvalue weighted by atomic mass is 16.4. The molecule has 2 rings (SSSR count). The molecule has 1 aliphatic carbocycles. The molecule has 98 valence electrons. The molecule has 0 aromatic heterocycles. The van der Waals surface area contributed by atoms with E-state index in [1.165, 1.54) is 0 Å². The smallest absolute Gasteiger partial charge is 0.306 e. The molecule has 4 heteroatoms. The number of benzene rings is 1. The van der Waals surface area contributed by atoms with E-state index in [-0.39, 0.29) is 17.7 Å². The predicted octanol–water partition coefficient (Wildman–Crippen LogP) is 2.76. The van der Waals surface area contributed by atoms with Crippen LogP contribution in [0.2, 0.25) is 0 Å². The number of aryl methyl sites for hydroxylation is 1. The highest BCUT2D eigenvalue weighted by Gasteiger charge is 2.26. The van der Waals surface area contributed by atoms with E-state index in [1.807, 2.05) is 13.0 Å². The molecule has 0 aliphatic heterocycles. The summed E-state index contributed by atoms with van der Waals surface area (Å²) >= 11 is 0. The molecular weight excluding hydrogens is 230 g/mol. The highest BCUT2D eigenvalue weighted by Crippen LogP contribution is 2.28. The zero-order chi connectivity index (χ0) is 13.1. The molecule has 1 aromatic carbocycles. The summed E-state index contributed by atoms with van der Waals surface area (Å²) in [7, 11) is 0. The Bertz CT molecular complexity index is 445. The molecule has 0 radical (unpaired) electrons. The van der Waals surface area contributed by atoms with E-state index in [1.54, 1.807) is 12.1 Å². The van der Waals surface area contributed by atoms with Crippen molar-refractivity contribution in [1.29, 1.82) is 0 Å². The van der Waals surface area contributed by atoms with E-state index in [0.29, 0.717) is 6.42 Å². The van der Waals surface area contributed by atoms with Crippen molar-refractivity contribution in [2.75, 3.05) is 5.32 Å². The topological polar surface area (TPSA) is 69.6 Å². The van der Waals surface area contributed by atoms with E-state index < -0.39 is 5.97 Å². The number of phenols is 1. The normalized spacial score (nSPS) is 23.6. The third kappa shape index (κ3) is 2.94. The first-order valence-corrected chi connectivity index (χ1v) is 6.35. The quantitative estimate of drug-likeness (QED) is 0.720. The van der Waals surface area contributed by atoms with Gasteiger partial charge in [-0.05, 0) is 49.9 Å². The predicted molar refractivity (Wildman–Crippen MR) is 69.8 cm³/mol. The second-order valence-corrected chi connectivity index (χ2v) is 5.04. The molecule has 2 unspecified atom stereocenters. The fourth-order valence-corrected chi connectivity index (χ4v) is 2.57. The van der Waals surface area contributed by atoms with Gasteiger partial charge in [-0.1, -0.05) is 6.42 Å². The average Bonchev–Trinajstić information content (AvgIpc) is 2.33. The Morgan fingerprint density at radius 2 is 2.17 bits per heavy atom. The monoisotopic (exact) mass is 249 g/mol. The fourth-order valence-electron chi connectivity index (χ4n) is 2.57. The molecule has 1 saturated carbocycles. The Morgan fingerprint density at radius 3 is 2.83 bits per heavy atom. The number of nitrogens with one attached hydrogen (secondary N) is 1. The van der Waals surface area contributed by atoms with Crippen LogP contribution in [0.3, 0.4) is 0 Å². The second kappa shape index (κ2) is 5.29. The van der Waals surface area contributed by atoms with Gasteiger partial charge in [0.15, 0.2) is 0 Å². The SMILES string of the molecule is Cc1cc(O)ccc1NC1CCCC(C(=O)O)C1. The summed E-state index contributed by atoms with van der Waals surface area (Å²) in [6, 6.07) is 5.41. The van der Waals surface area contributed by atoms with Crippen molar-refractivity contribution in [3.05, 3.63) is 23.8 Å². The van der Waals surface area contributed by atoms with Crippen LogP contribution in [0.15, 0.2) is 18.2 Å². The van der Waals surface area contributed by atoms with Gasteiger partial charge >= 0.3 is 5.97 Å². The van der Waals surface area contributed by atoms with Crippen molar-refractivity contribution in [2.24, 2.45) is 5.92 Å². The summed E-state index contributed by atoms with van der Waals surface area (Å²) in [5.74, 6) is -0.664. The Hall–Kier alpha value is -1.71. The molecule has 0 bridgehead atoms. The van der Waals surface area contributed by atoms with Crippen LogP contribution in [0.4, 0.5) is 5.69 Å². The van der Waals surface area contributed by atoms with Crippen LogP contribution in [-0.4, -0.2) is 22.2 Å². The van der Waals surface area contributed by atoms with Gasteiger partial charge < -0.3 is 15.5 Å². The molecule has 3 N–H and O–H groups in total. The Morgan fingerprint density at radius 1 is 1.39 bits per heavy atom. The standard InChI is InChI=1S/C14H19NO3/c1-9-7-12(16)5-6-13(9)15-11-4-2-3-10(8-11)14(17)18/h5-7,10-11,15-16H,2-4,8H2,1H3,(H,17,18). The lowest BCUT2D eigenvalue weighted by atomic mass is 9.85. The molecule has 1 aliphatic rings. The molecule has 1 fully saturated rings.